The number of carbonyl (C=O) groups is 1. The number of aryl methyl sites for hydroxylation is 1. The van der Waals surface area contributed by atoms with Gasteiger partial charge in [0, 0.05) is 7.05 Å². The van der Waals surface area contributed by atoms with Crippen LogP contribution in [0.15, 0.2) is 36.7 Å². The van der Waals surface area contributed by atoms with Gasteiger partial charge in [-0.25, -0.2) is 14.2 Å². The van der Waals surface area contributed by atoms with Crippen LogP contribution in [0.2, 0.25) is 5.02 Å². The SMILES string of the molecule is Cn1cnc2c(F)c(Nc3ccccc3Cl)c(C(=O)O)cc21. The molecule has 2 N–H and O–H groups in total. The van der Waals surface area contributed by atoms with Gasteiger partial charge in [0.25, 0.3) is 0 Å². The maximum atomic E-state index is 14.7. The van der Waals surface area contributed by atoms with E-state index in [1.165, 1.54) is 12.4 Å². The average Bonchev–Trinajstić information content (AvgIpc) is 2.85. The second kappa shape index (κ2) is 5.31. The van der Waals surface area contributed by atoms with Crippen molar-refractivity contribution in [2.24, 2.45) is 7.05 Å². The van der Waals surface area contributed by atoms with E-state index in [4.69, 9.17) is 11.6 Å². The molecule has 0 bridgehead atoms. The Hall–Kier alpha value is -2.60. The molecule has 0 spiro atoms. The molecular weight excluding hydrogens is 309 g/mol. The number of nitrogens with zero attached hydrogens (tertiary/aromatic N) is 2. The van der Waals surface area contributed by atoms with E-state index in [9.17, 15) is 14.3 Å². The number of imidazole rings is 1. The Balaban J connectivity index is 2.23. The molecule has 1 aromatic heterocycles. The van der Waals surface area contributed by atoms with Crippen molar-refractivity contribution in [3.63, 3.8) is 0 Å². The van der Waals surface area contributed by atoms with Crippen LogP contribution in [0.1, 0.15) is 10.4 Å². The van der Waals surface area contributed by atoms with Crippen molar-refractivity contribution < 1.29 is 14.3 Å². The Morgan fingerprint density at radius 1 is 1.41 bits per heavy atom. The second-order valence-corrected chi connectivity index (χ2v) is 5.15. The summed E-state index contributed by atoms with van der Waals surface area (Å²) < 4.78 is 16.2. The molecule has 7 heteroatoms. The standard InChI is InChI=1S/C15H11ClFN3O2/c1-20-7-18-14-11(20)6-8(15(21)22)13(12(14)17)19-10-5-3-2-4-9(10)16/h2-7,19H,1H3,(H,21,22). The number of anilines is 2. The Labute approximate surface area is 130 Å². The van der Waals surface area contributed by atoms with Gasteiger partial charge in [-0.15, -0.1) is 0 Å². The fraction of sp³-hybridized carbons (Fsp3) is 0.0667. The summed E-state index contributed by atoms with van der Waals surface area (Å²) in [7, 11) is 1.67. The first-order valence-corrected chi connectivity index (χ1v) is 6.75. The third kappa shape index (κ3) is 2.27. The third-order valence-corrected chi connectivity index (χ3v) is 3.65. The van der Waals surface area contributed by atoms with Gasteiger partial charge in [0.15, 0.2) is 5.82 Å². The molecule has 3 aromatic rings. The van der Waals surface area contributed by atoms with Crippen molar-refractivity contribution in [2.75, 3.05) is 5.32 Å². The van der Waals surface area contributed by atoms with Crippen molar-refractivity contribution in [3.05, 3.63) is 53.1 Å². The summed E-state index contributed by atoms with van der Waals surface area (Å²) >= 11 is 6.03. The van der Waals surface area contributed by atoms with E-state index in [0.29, 0.717) is 16.2 Å². The first-order valence-electron chi connectivity index (χ1n) is 6.37. The number of hydrogen-bond donors (Lipinski definition) is 2. The van der Waals surface area contributed by atoms with E-state index in [1.54, 1.807) is 35.9 Å². The molecule has 0 aliphatic rings. The van der Waals surface area contributed by atoms with Crippen molar-refractivity contribution in [2.45, 2.75) is 0 Å². The number of carboxylic acid groups (broad SMARTS) is 1. The number of halogens is 2. The highest BCUT2D eigenvalue weighted by Gasteiger charge is 2.21. The summed E-state index contributed by atoms with van der Waals surface area (Å²) in [6.07, 6.45) is 1.43. The first-order chi connectivity index (χ1) is 10.5. The van der Waals surface area contributed by atoms with Crippen LogP contribution in [-0.4, -0.2) is 20.6 Å². The fourth-order valence-electron chi connectivity index (χ4n) is 2.21. The monoisotopic (exact) mass is 319 g/mol. The molecule has 0 aliphatic heterocycles. The van der Waals surface area contributed by atoms with E-state index >= 15 is 0 Å². The van der Waals surface area contributed by atoms with Crippen LogP contribution in [0.5, 0.6) is 0 Å². The molecule has 0 amide bonds. The Morgan fingerprint density at radius 2 is 2.14 bits per heavy atom. The second-order valence-electron chi connectivity index (χ2n) is 4.75. The molecule has 0 fully saturated rings. The zero-order valence-corrected chi connectivity index (χ0v) is 12.2. The summed E-state index contributed by atoms with van der Waals surface area (Å²) in [4.78, 5) is 15.4. The maximum Gasteiger partial charge on any atom is 0.338 e. The quantitative estimate of drug-likeness (QED) is 0.770. The number of rotatable bonds is 3. The lowest BCUT2D eigenvalue weighted by atomic mass is 10.1. The van der Waals surface area contributed by atoms with E-state index < -0.39 is 11.8 Å². The lowest BCUT2D eigenvalue weighted by molar-refractivity contribution is 0.0697. The molecule has 0 atom stereocenters. The van der Waals surface area contributed by atoms with E-state index in [-0.39, 0.29) is 16.8 Å². The molecule has 3 rings (SSSR count). The predicted octanol–water partition coefficient (Wildman–Crippen LogP) is 3.81. The first kappa shape index (κ1) is 14.3. The summed E-state index contributed by atoms with van der Waals surface area (Å²) in [6.45, 7) is 0. The van der Waals surface area contributed by atoms with Gasteiger partial charge in [-0.2, -0.15) is 0 Å². The van der Waals surface area contributed by atoms with Gasteiger partial charge < -0.3 is 15.0 Å². The van der Waals surface area contributed by atoms with Crippen LogP contribution < -0.4 is 5.32 Å². The largest absolute Gasteiger partial charge is 0.478 e. The number of hydrogen-bond acceptors (Lipinski definition) is 3. The molecule has 2 aromatic carbocycles. The minimum atomic E-state index is -1.24. The third-order valence-electron chi connectivity index (χ3n) is 3.32. The zero-order valence-electron chi connectivity index (χ0n) is 11.5. The van der Waals surface area contributed by atoms with Gasteiger partial charge >= 0.3 is 5.97 Å². The molecule has 1 heterocycles. The van der Waals surface area contributed by atoms with Gasteiger partial charge in [0.05, 0.1) is 33.8 Å². The van der Waals surface area contributed by atoms with Crippen LogP contribution in [0.4, 0.5) is 15.8 Å². The van der Waals surface area contributed by atoms with Gasteiger partial charge in [-0.1, -0.05) is 23.7 Å². The van der Waals surface area contributed by atoms with Crippen LogP contribution in [-0.2, 0) is 7.05 Å². The zero-order chi connectivity index (χ0) is 15.9. The van der Waals surface area contributed by atoms with Gasteiger partial charge in [-0.3, -0.25) is 0 Å². The predicted molar refractivity (Wildman–Crippen MR) is 82.4 cm³/mol. The van der Waals surface area contributed by atoms with Crippen LogP contribution >= 0.6 is 11.6 Å². The van der Waals surface area contributed by atoms with Crippen molar-refractivity contribution in [1.29, 1.82) is 0 Å². The minimum Gasteiger partial charge on any atom is -0.478 e. The number of carboxylic acids is 1. The highest BCUT2D eigenvalue weighted by Crippen LogP contribution is 2.32. The van der Waals surface area contributed by atoms with Crippen LogP contribution in [0.25, 0.3) is 11.0 Å². The molecule has 112 valence electrons. The highest BCUT2D eigenvalue weighted by molar-refractivity contribution is 6.33. The van der Waals surface area contributed by atoms with Gasteiger partial charge in [0.1, 0.15) is 5.52 Å². The summed E-state index contributed by atoms with van der Waals surface area (Å²) in [5.41, 5.74) is 0.572. The number of nitrogens with one attached hydrogen (secondary N) is 1. The smallest absolute Gasteiger partial charge is 0.338 e. The number of aromatic nitrogens is 2. The maximum absolute atomic E-state index is 14.7. The lowest BCUT2D eigenvalue weighted by Gasteiger charge is -2.13. The van der Waals surface area contributed by atoms with E-state index in [1.807, 2.05) is 0 Å². The summed E-state index contributed by atoms with van der Waals surface area (Å²) in [5.74, 6) is -1.97. The van der Waals surface area contributed by atoms with Gasteiger partial charge in [-0.05, 0) is 18.2 Å². The number of para-hydroxylation sites is 1. The molecular formula is C15H11ClFN3O2. The van der Waals surface area contributed by atoms with Crippen molar-refractivity contribution in [1.82, 2.24) is 9.55 Å². The highest BCUT2D eigenvalue weighted by atomic mass is 35.5. The number of fused-ring (bicyclic) bond motifs is 1. The molecule has 0 radical (unpaired) electrons. The molecule has 0 saturated carbocycles. The Morgan fingerprint density at radius 3 is 2.82 bits per heavy atom. The number of aromatic carboxylic acids is 1. The summed E-state index contributed by atoms with van der Waals surface area (Å²) in [6, 6.07) is 8.08. The van der Waals surface area contributed by atoms with Crippen molar-refractivity contribution in [3.8, 4) is 0 Å². The van der Waals surface area contributed by atoms with Crippen molar-refractivity contribution >= 4 is 40.0 Å². The number of benzene rings is 2. The lowest BCUT2D eigenvalue weighted by Crippen LogP contribution is -2.06. The molecule has 5 nitrogen and oxygen atoms in total. The molecule has 0 unspecified atom stereocenters. The Bertz CT molecular complexity index is 892. The molecule has 22 heavy (non-hydrogen) atoms. The van der Waals surface area contributed by atoms with Crippen LogP contribution in [0, 0.1) is 5.82 Å². The molecule has 0 saturated heterocycles. The normalized spacial score (nSPS) is 10.9. The topological polar surface area (TPSA) is 67.2 Å². The Kier molecular flexibility index (Phi) is 3.46. The fourth-order valence-corrected chi connectivity index (χ4v) is 2.40. The minimum absolute atomic E-state index is 0.0991. The van der Waals surface area contributed by atoms with Crippen LogP contribution in [0.3, 0.4) is 0 Å². The summed E-state index contributed by atoms with van der Waals surface area (Å²) in [5, 5.41) is 12.5. The van der Waals surface area contributed by atoms with Gasteiger partial charge in [0.2, 0.25) is 0 Å². The molecule has 0 aliphatic carbocycles. The average molecular weight is 320 g/mol. The van der Waals surface area contributed by atoms with E-state index in [0.717, 1.165) is 0 Å². The van der Waals surface area contributed by atoms with E-state index in [2.05, 4.69) is 10.3 Å².